The second-order valence-electron chi connectivity index (χ2n) is 3.17. The van der Waals surface area contributed by atoms with E-state index in [1.807, 2.05) is 6.07 Å². The first-order valence-electron chi connectivity index (χ1n) is 4.70. The Morgan fingerprint density at radius 1 is 1.35 bits per heavy atom. The van der Waals surface area contributed by atoms with E-state index in [-0.39, 0.29) is 11.7 Å². The highest BCUT2D eigenvalue weighted by atomic mass is 16.6. The van der Waals surface area contributed by atoms with Crippen LogP contribution in [0.5, 0.6) is 11.7 Å². The van der Waals surface area contributed by atoms with E-state index in [0.717, 1.165) is 0 Å². The maximum absolute atomic E-state index is 10.6. The van der Waals surface area contributed by atoms with E-state index in [4.69, 9.17) is 19.5 Å². The van der Waals surface area contributed by atoms with Gasteiger partial charge in [-0.3, -0.25) is 0 Å². The molecule has 0 saturated heterocycles. The minimum absolute atomic E-state index is 0.0671. The number of carbonyl (C=O) groups is 1. The summed E-state index contributed by atoms with van der Waals surface area (Å²) in [4.78, 5) is 10.6. The number of aromatic carboxylic acids is 1. The molecule has 0 atom stereocenters. The van der Waals surface area contributed by atoms with Gasteiger partial charge in [-0.15, -0.1) is 0 Å². The summed E-state index contributed by atoms with van der Waals surface area (Å²) in [6.45, 7) is 0. The van der Waals surface area contributed by atoms with Crippen molar-refractivity contribution >= 4 is 5.97 Å². The van der Waals surface area contributed by atoms with E-state index < -0.39 is 5.97 Å². The number of hydrogen-bond donors (Lipinski definition) is 1. The number of nitriles is 1. The van der Waals surface area contributed by atoms with Crippen LogP contribution in [0.15, 0.2) is 40.8 Å². The van der Waals surface area contributed by atoms with Crippen molar-refractivity contribution in [2.45, 2.75) is 0 Å². The highest BCUT2D eigenvalue weighted by molar-refractivity contribution is 5.84. The smallest absolute Gasteiger partial charge is 0.371 e. The fourth-order valence-electron chi connectivity index (χ4n) is 1.24. The molecule has 1 heterocycles. The molecule has 0 saturated carbocycles. The Morgan fingerprint density at radius 3 is 2.82 bits per heavy atom. The van der Waals surface area contributed by atoms with E-state index in [9.17, 15) is 4.79 Å². The molecule has 84 valence electrons. The molecule has 0 amide bonds. The van der Waals surface area contributed by atoms with Crippen LogP contribution in [-0.4, -0.2) is 11.1 Å². The van der Waals surface area contributed by atoms with Crippen LogP contribution in [0.25, 0.3) is 0 Å². The van der Waals surface area contributed by atoms with Gasteiger partial charge in [-0.25, -0.2) is 4.79 Å². The third-order valence-corrected chi connectivity index (χ3v) is 1.97. The van der Waals surface area contributed by atoms with Gasteiger partial charge in [-0.2, -0.15) is 5.26 Å². The van der Waals surface area contributed by atoms with Crippen molar-refractivity contribution in [2.75, 3.05) is 0 Å². The van der Waals surface area contributed by atoms with Crippen LogP contribution in [0.3, 0.4) is 0 Å². The second kappa shape index (κ2) is 4.41. The first-order chi connectivity index (χ1) is 8.19. The zero-order chi connectivity index (χ0) is 12.3. The maximum Gasteiger partial charge on any atom is 0.371 e. The van der Waals surface area contributed by atoms with Gasteiger partial charge < -0.3 is 14.3 Å². The largest absolute Gasteiger partial charge is 0.475 e. The minimum Gasteiger partial charge on any atom is -0.475 e. The van der Waals surface area contributed by atoms with Crippen molar-refractivity contribution in [3.63, 3.8) is 0 Å². The molecular weight excluding hydrogens is 222 g/mol. The van der Waals surface area contributed by atoms with Gasteiger partial charge in [0.15, 0.2) is 0 Å². The molecule has 0 fully saturated rings. The number of carboxylic acid groups (broad SMARTS) is 1. The lowest BCUT2D eigenvalue weighted by Crippen LogP contribution is -1.91. The number of rotatable bonds is 3. The van der Waals surface area contributed by atoms with Crippen molar-refractivity contribution < 1.29 is 19.1 Å². The monoisotopic (exact) mass is 229 g/mol. The van der Waals surface area contributed by atoms with E-state index in [1.165, 1.54) is 18.2 Å². The molecule has 1 aromatic heterocycles. The summed E-state index contributed by atoms with van der Waals surface area (Å²) in [6, 6.07) is 11.1. The number of nitrogens with zero attached hydrogens (tertiary/aromatic N) is 1. The molecule has 1 aromatic carbocycles. The van der Waals surface area contributed by atoms with Crippen molar-refractivity contribution in [1.29, 1.82) is 5.26 Å². The van der Waals surface area contributed by atoms with Crippen LogP contribution >= 0.6 is 0 Å². The number of furan rings is 1. The average molecular weight is 229 g/mol. The molecule has 17 heavy (non-hydrogen) atoms. The van der Waals surface area contributed by atoms with Crippen molar-refractivity contribution in [1.82, 2.24) is 0 Å². The van der Waals surface area contributed by atoms with Crippen LogP contribution in [0.1, 0.15) is 16.1 Å². The lowest BCUT2D eigenvalue weighted by Gasteiger charge is -2.01. The topological polar surface area (TPSA) is 83.5 Å². The van der Waals surface area contributed by atoms with Crippen LogP contribution in [0, 0.1) is 11.3 Å². The predicted octanol–water partition coefficient (Wildman–Crippen LogP) is 2.64. The van der Waals surface area contributed by atoms with Crippen LogP contribution in [0.2, 0.25) is 0 Å². The Balaban J connectivity index is 2.19. The first-order valence-corrected chi connectivity index (χ1v) is 4.70. The van der Waals surface area contributed by atoms with Gasteiger partial charge in [-0.05, 0) is 24.3 Å². The van der Waals surface area contributed by atoms with Gasteiger partial charge >= 0.3 is 5.97 Å². The summed E-state index contributed by atoms with van der Waals surface area (Å²) in [7, 11) is 0. The Bertz CT molecular complexity index is 595. The SMILES string of the molecule is N#Cc1cccc(Oc2ccc(C(=O)O)o2)c1. The van der Waals surface area contributed by atoms with E-state index in [1.54, 1.807) is 18.2 Å². The lowest BCUT2D eigenvalue weighted by atomic mass is 10.2. The Labute approximate surface area is 96.5 Å². The normalized spacial score (nSPS) is 9.59. The predicted molar refractivity (Wildman–Crippen MR) is 56.9 cm³/mol. The molecule has 1 N–H and O–H groups in total. The molecule has 5 nitrogen and oxygen atoms in total. The fourth-order valence-corrected chi connectivity index (χ4v) is 1.24. The van der Waals surface area contributed by atoms with Gasteiger partial charge in [0, 0.05) is 6.07 Å². The summed E-state index contributed by atoms with van der Waals surface area (Å²) < 4.78 is 10.2. The molecule has 0 radical (unpaired) electrons. The molecule has 2 aromatic rings. The zero-order valence-electron chi connectivity index (χ0n) is 8.58. The van der Waals surface area contributed by atoms with Crippen LogP contribution < -0.4 is 4.74 Å². The Morgan fingerprint density at radius 2 is 2.18 bits per heavy atom. The summed E-state index contributed by atoms with van der Waals surface area (Å²) in [5, 5.41) is 17.4. The summed E-state index contributed by atoms with van der Waals surface area (Å²) in [5.41, 5.74) is 0.451. The second-order valence-corrected chi connectivity index (χ2v) is 3.17. The number of hydrogen-bond acceptors (Lipinski definition) is 4. The highest BCUT2D eigenvalue weighted by Crippen LogP contribution is 2.24. The summed E-state index contributed by atoms with van der Waals surface area (Å²) in [5.74, 6) is -0.880. The zero-order valence-corrected chi connectivity index (χ0v) is 8.58. The third-order valence-electron chi connectivity index (χ3n) is 1.97. The van der Waals surface area contributed by atoms with Crippen LogP contribution in [-0.2, 0) is 0 Å². The summed E-state index contributed by atoms with van der Waals surface area (Å²) >= 11 is 0. The molecular formula is C12H7NO4. The molecule has 0 bridgehead atoms. The van der Waals surface area contributed by atoms with Gasteiger partial charge in [0.2, 0.25) is 5.76 Å². The molecule has 0 aliphatic carbocycles. The minimum atomic E-state index is -1.16. The molecule has 5 heteroatoms. The third kappa shape index (κ3) is 2.44. The standard InChI is InChI=1S/C12H7NO4/c13-7-8-2-1-3-9(6-8)16-11-5-4-10(17-11)12(14)15/h1-6H,(H,14,15). The van der Waals surface area contributed by atoms with E-state index in [0.29, 0.717) is 11.3 Å². The Hall–Kier alpha value is -2.74. The number of ether oxygens (including phenoxy) is 1. The van der Waals surface area contributed by atoms with Gasteiger partial charge in [-0.1, -0.05) is 6.07 Å². The van der Waals surface area contributed by atoms with Gasteiger partial charge in [0.05, 0.1) is 11.6 Å². The molecule has 0 aliphatic heterocycles. The van der Waals surface area contributed by atoms with Crippen molar-refractivity contribution in [2.24, 2.45) is 0 Å². The number of benzene rings is 1. The average Bonchev–Trinajstić information content (AvgIpc) is 2.78. The first kappa shape index (κ1) is 10.8. The Kier molecular flexibility index (Phi) is 2.79. The van der Waals surface area contributed by atoms with E-state index >= 15 is 0 Å². The van der Waals surface area contributed by atoms with Crippen molar-refractivity contribution in [3.05, 3.63) is 47.7 Å². The van der Waals surface area contributed by atoms with Gasteiger partial charge in [0.25, 0.3) is 5.95 Å². The molecule has 0 spiro atoms. The quantitative estimate of drug-likeness (QED) is 0.874. The van der Waals surface area contributed by atoms with Gasteiger partial charge in [0.1, 0.15) is 5.75 Å². The summed E-state index contributed by atoms with van der Waals surface area (Å²) in [6.07, 6.45) is 0. The van der Waals surface area contributed by atoms with Crippen molar-refractivity contribution in [3.8, 4) is 17.8 Å². The highest BCUT2D eigenvalue weighted by Gasteiger charge is 2.10. The van der Waals surface area contributed by atoms with Crippen LogP contribution in [0.4, 0.5) is 0 Å². The molecule has 2 rings (SSSR count). The number of carboxylic acids is 1. The van der Waals surface area contributed by atoms with E-state index in [2.05, 4.69) is 0 Å². The fraction of sp³-hybridized carbons (Fsp3) is 0. The maximum atomic E-state index is 10.6. The lowest BCUT2D eigenvalue weighted by molar-refractivity contribution is 0.0657. The molecule has 0 aliphatic rings. The molecule has 0 unspecified atom stereocenters.